The zero-order chi connectivity index (χ0) is 12.5. The Kier molecular flexibility index (Phi) is 2.83. The molecule has 2 N–H and O–H groups in total. The molecule has 0 saturated heterocycles. The molecule has 4 nitrogen and oxygen atoms in total. The van der Waals surface area contributed by atoms with Crippen LogP contribution in [0.3, 0.4) is 0 Å². The van der Waals surface area contributed by atoms with Crippen LogP contribution in [0.4, 0.5) is 5.82 Å². The Morgan fingerprint density at radius 2 is 2.00 bits per heavy atom. The maximum Gasteiger partial charge on any atom is 0.145 e. The number of nitrogens with zero attached hydrogens (tertiary/aromatic N) is 3. The second-order valence-electron chi connectivity index (χ2n) is 4.22. The van der Waals surface area contributed by atoms with Gasteiger partial charge in [-0.05, 0) is 30.3 Å². The van der Waals surface area contributed by atoms with Crippen LogP contribution in [-0.4, -0.2) is 14.3 Å². The summed E-state index contributed by atoms with van der Waals surface area (Å²) >= 11 is 3.48. The summed E-state index contributed by atoms with van der Waals surface area (Å²) in [5.74, 6) is 0.566. The molecular weight excluding hydrogens is 292 g/mol. The second kappa shape index (κ2) is 4.49. The third-order valence-corrected chi connectivity index (χ3v) is 3.46. The number of fused-ring (bicyclic) bond motifs is 1. The molecule has 1 aromatic carbocycles. The summed E-state index contributed by atoms with van der Waals surface area (Å²) in [5.41, 5.74) is 6.83. The van der Waals surface area contributed by atoms with Gasteiger partial charge in [0, 0.05) is 34.3 Å². The lowest BCUT2D eigenvalue weighted by atomic mass is 10.2. The molecule has 0 aliphatic carbocycles. The largest absolute Gasteiger partial charge is 0.382 e. The highest BCUT2D eigenvalue weighted by atomic mass is 79.9. The quantitative estimate of drug-likeness (QED) is 0.809. The van der Waals surface area contributed by atoms with E-state index in [0.717, 1.165) is 17.6 Å². The Hall–Kier alpha value is -1.75. The molecular formula is C13H13BrN4. The number of anilines is 1. The van der Waals surface area contributed by atoms with Crippen LogP contribution >= 0.6 is 15.9 Å². The minimum atomic E-state index is 0.566. The highest BCUT2D eigenvalue weighted by Gasteiger charge is 2.02. The van der Waals surface area contributed by atoms with E-state index >= 15 is 0 Å². The zero-order valence-electron chi connectivity index (χ0n) is 9.75. The van der Waals surface area contributed by atoms with Crippen molar-refractivity contribution in [1.82, 2.24) is 14.3 Å². The monoisotopic (exact) mass is 304 g/mol. The molecule has 3 rings (SSSR count). The van der Waals surface area contributed by atoms with Gasteiger partial charge in [-0.2, -0.15) is 5.10 Å². The molecule has 2 heterocycles. The first kappa shape index (κ1) is 11.3. The summed E-state index contributed by atoms with van der Waals surface area (Å²) in [4.78, 5) is 0. The molecule has 0 fully saturated rings. The van der Waals surface area contributed by atoms with Gasteiger partial charge in [-0.1, -0.05) is 15.9 Å². The van der Waals surface area contributed by atoms with Gasteiger partial charge in [0.2, 0.25) is 0 Å². The van der Waals surface area contributed by atoms with E-state index in [0.29, 0.717) is 5.82 Å². The van der Waals surface area contributed by atoms with Crippen molar-refractivity contribution in [2.75, 3.05) is 5.73 Å². The first-order valence-electron chi connectivity index (χ1n) is 5.76. The fraction of sp³-hybridized carbons (Fsp3) is 0.154. The van der Waals surface area contributed by atoms with E-state index in [1.807, 2.05) is 16.9 Å². The lowest BCUT2D eigenvalue weighted by Gasteiger charge is -2.05. The van der Waals surface area contributed by atoms with Crippen molar-refractivity contribution in [3.05, 3.63) is 47.2 Å². The minimum absolute atomic E-state index is 0.566. The average molecular weight is 305 g/mol. The molecule has 0 atom stereocenters. The molecule has 0 amide bonds. The molecule has 5 heteroatoms. The Balaban J connectivity index is 1.82. The summed E-state index contributed by atoms with van der Waals surface area (Å²) in [6.07, 6.45) is 4.00. The van der Waals surface area contributed by atoms with E-state index in [1.165, 1.54) is 10.9 Å². The molecule has 0 aliphatic rings. The Morgan fingerprint density at radius 3 is 2.78 bits per heavy atom. The number of aryl methyl sites for hydroxylation is 2. The van der Waals surface area contributed by atoms with E-state index in [1.54, 1.807) is 0 Å². The van der Waals surface area contributed by atoms with Gasteiger partial charge < -0.3 is 10.3 Å². The zero-order valence-corrected chi connectivity index (χ0v) is 11.3. The minimum Gasteiger partial charge on any atom is -0.382 e. The maximum atomic E-state index is 5.59. The SMILES string of the molecule is Nc1ccn(CCn2ccc3cc(Br)ccc32)n1. The van der Waals surface area contributed by atoms with Gasteiger partial charge in [-0.15, -0.1) is 0 Å². The average Bonchev–Trinajstić information content (AvgIpc) is 2.92. The highest BCUT2D eigenvalue weighted by molar-refractivity contribution is 9.10. The Labute approximate surface area is 113 Å². The van der Waals surface area contributed by atoms with Crippen molar-refractivity contribution in [1.29, 1.82) is 0 Å². The van der Waals surface area contributed by atoms with Crippen LogP contribution in [0.15, 0.2) is 47.2 Å². The van der Waals surface area contributed by atoms with Crippen molar-refractivity contribution >= 4 is 32.7 Å². The smallest absolute Gasteiger partial charge is 0.145 e. The third kappa shape index (κ3) is 2.13. The van der Waals surface area contributed by atoms with Gasteiger partial charge in [0.25, 0.3) is 0 Å². The predicted molar refractivity (Wildman–Crippen MR) is 76.3 cm³/mol. The van der Waals surface area contributed by atoms with Gasteiger partial charge in [0.15, 0.2) is 0 Å². The number of hydrogen-bond donors (Lipinski definition) is 1. The maximum absolute atomic E-state index is 5.59. The van der Waals surface area contributed by atoms with Gasteiger partial charge in [0.05, 0.1) is 6.54 Å². The van der Waals surface area contributed by atoms with E-state index < -0.39 is 0 Å². The molecule has 3 aromatic rings. The fourth-order valence-electron chi connectivity index (χ4n) is 2.08. The van der Waals surface area contributed by atoms with E-state index in [2.05, 4.69) is 56.1 Å². The Bertz CT molecular complexity index is 683. The fourth-order valence-corrected chi connectivity index (χ4v) is 2.46. The molecule has 0 bridgehead atoms. The van der Waals surface area contributed by atoms with Crippen molar-refractivity contribution in [2.24, 2.45) is 0 Å². The number of rotatable bonds is 3. The van der Waals surface area contributed by atoms with Crippen molar-refractivity contribution < 1.29 is 0 Å². The van der Waals surface area contributed by atoms with Crippen LogP contribution in [-0.2, 0) is 13.1 Å². The van der Waals surface area contributed by atoms with Gasteiger partial charge in [-0.3, -0.25) is 4.68 Å². The van der Waals surface area contributed by atoms with Crippen LogP contribution in [0.1, 0.15) is 0 Å². The number of halogens is 1. The topological polar surface area (TPSA) is 48.8 Å². The highest BCUT2D eigenvalue weighted by Crippen LogP contribution is 2.20. The summed E-state index contributed by atoms with van der Waals surface area (Å²) in [7, 11) is 0. The molecule has 0 aliphatic heterocycles. The van der Waals surface area contributed by atoms with E-state index in [-0.39, 0.29) is 0 Å². The third-order valence-electron chi connectivity index (χ3n) is 2.96. The summed E-state index contributed by atoms with van der Waals surface area (Å²) < 4.78 is 5.19. The number of aromatic nitrogens is 3. The molecule has 2 aromatic heterocycles. The van der Waals surface area contributed by atoms with Crippen LogP contribution in [0.2, 0.25) is 0 Å². The lowest BCUT2D eigenvalue weighted by Crippen LogP contribution is -2.07. The summed E-state index contributed by atoms with van der Waals surface area (Å²) in [6, 6.07) is 10.2. The second-order valence-corrected chi connectivity index (χ2v) is 5.13. The number of nitrogens with two attached hydrogens (primary N) is 1. The molecule has 0 unspecified atom stereocenters. The van der Waals surface area contributed by atoms with Crippen molar-refractivity contribution in [3.63, 3.8) is 0 Å². The van der Waals surface area contributed by atoms with Crippen molar-refractivity contribution in [2.45, 2.75) is 13.1 Å². The molecule has 0 spiro atoms. The standard InChI is InChI=1S/C13H13BrN4/c14-11-1-2-12-10(9-11)3-5-17(12)7-8-18-6-4-13(15)16-18/h1-6,9H,7-8H2,(H2,15,16). The van der Waals surface area contributed by atoms with Crippen LogP contribution in [0, 0.1) is 0 Å². The van der Waals surface area contributed by atoms with Crippen LogP contribution in [0.5, 0.6) is 0 Å². The number of nitrogen functional groups attached to an aromatic ring is 1. The van der Waals surface area contributed by atoms with Gasteiger partial charge in [-0.25, -0.2) is 0 Å². The van der Waals surface area contributed by atoms with Crippen molar-refractivity contribution in [3.8, 4) is 0 Å². The number of hydrogen-bond acceptors (Lipinski definition) is 2. The van der Waals surface area contributed by atoms with E-state index in [9.17, 15) is 0 Å². The van der Waals surface area contributed by atoms with Crippen LogP contribution in [0.25, 0.3) is 10.9 Å². The predicted octanol–water partition coefficient (Wildman–Crippen LogP) is 2.88. The Morgan fingerprint density at radius 1 is 1.11 bits per heavy atom. The van der Waals surface area contributed by atoms with E-state index in [4.69, 9.17) is 5.73 Å². The van der Waals surface area contributed by atoms with Crippen LogP contribution < -0.4 is 5.73 Å². The molecule has 0 saturated carbocycles. The summed E-state index contributed by atoms with van der Waals surface area (Å²) in [6.45, 7) is 1.70. The first-order chi connectivity index (χ1) is 8.72. The number of benzene rings is 1. The normalized spacial score (nSPS) is 11.2. The summed E-state index contributed by atoms with van der Waals surface area (Å²) in [5, 5.41) is 5.42. The first-order valence-corrected chi connectivity index (χ1v) is 6.55. The van der Waals surface area contributed by atoms with Gasteiger partial charge >= 0.3 is 0 Å². The molecule has 0 radical (unpaired) electrons. The molecule has 92 valence electrons. The lowest BCUT2D eigenvalue weighted by molar-refractivity contribution is 0.544. The van der Waals surface area contributed by atoms with Gasteiger partial charge in [0.1, 0.15) is 5.82 Å². The molecule has 18 heavy (non-hydrogen) atoms.